The standard InChI is InChI=1S/C18H28S/c1-4-7-11-16-12-8-13-18(14-16)19-15-17(9-5-2)10-6-3/h7-8,11-14,17H,4-6,9-10,15H2,1-3H3. The van der Waals surface area contributed by atoms with Gasteiger partial charge in [0.2, 0.25) is 0 Å². The molecule has 0 amide bonds. The molecule has 0 aliphatic carbocycles. The molecule has 0 bridgehead atoms. The van der Waals surface area contributed by atoms with Gasteiger partial charge in [0.15, 0.2) is 0 Å². The Morgan fingerprint density at radius 2 is 1.84 bits per heavy atom. The second-order valence-corrected chi connectivity index (χ2v) is 6.23. The summed E-state index contributed by atoms with van der Waals surface area (Å²) in [5, 5.41) is 0. The third-order valence-electron chi connectivity index (χ3n) is 3.28. The van der Waals surface area contributed by atoms with Gasteiger partial charge in [-0.3, -0.25) is 0 Å². The van der Waals surface area contributed by atoms with Gasteiger partial charge in [-0.1, -0.05) is 57.9 Å². The highest BCUT2D eigenvalue weighted by Gasteiger charge is 2.07. The highest BCUT2D eigenvalue weighted by molar-refractivity contribution is 7.99. The van der Waals surface area contributed by atoms with Crippen molar-refractivity contribution in [2.24, 2.45) is 5.92 Å². The van der Waals surface area contributed by atoms with Gasteiger partial charge in [-0.2, -0.15) is 0 Å². The van der Waals surface area contributed by atoms with Crippen LogP contribution in [0.3, 0.4) is 0 Å². The van der Waals surface area contributed by atoms with Crippen molar-refractivity contribution in [2.45, 2.75) is 57.8 Å². The van der Waals surface area contributed by atoms with Crippen LogP contribution in [0.15, 0.2) is 35.2 Å². The summed E-state index contributed by atoms with van der Waals surface area (Å²) < 4.78 is 0. The molecule has 0 N–H and O–H groups in total. The molecule has 0 unspecified atom stereocenters. The number of hydrogen-bond donors (Lipinski definition) is 0. The molecule has 0 fully saturated rings. The molecule has 0 nitrogen and oxygen atoms in total. The second kappa shape index (κ2) is 10.1. The average molecular weight is 276 g/mol. The predicted octanol–water partition coefficient (Wildman–Crippen LogP) is 6.42. The molecule has 1 rings (SSSR count). The molecule has 0 aliphatic heterocycles. The minimum atomic E-state index is 0.884. The van der Waals surface area contributed by atoms with Crippen LogP contribution < -0.4 is 0 Å². The van der Waals surface area contributed by atoms with Crippen molar-refractivity contribution in [2.75, 3.05) is 5.75 Å². The second-order valence-electron chi connectivity index (χ2n) is 5.14. The van der Waals surface area contributed by atoms with Crippen molar-refractivity contribution >= 4 is 17.8 Å². The molecule has 0 aliphatic rings. The maximum atomic E-state index is 2.31. The molecule has 1 aromatic carbocycles. The SMILES string of the molecule is CCC=Cc1cccc(SCC(CCC)CCC)c1. The summed E-state index contributed by atoms with van der Waals surface area (Å²) in [5.41, 5.74) is 1.33. The van der Waals surface area contributed by atoms with E-state index in [9.17, 15) is 0 Å². The van der Waals surface area contributed by atoms with Crippen LogP contribution in [0.5, 0.6) is 0 Å². The Labute approximate surface area is 123 Å². The van der Waals surface area contributed by atoms with Crippen LogP contribution in [0.4, 0.5) is 0 Å². The van der Waals surface area contributed by atoms with Crippen LogP contribution >= 0.6 is 11.8 Å². The normalized spacial score (nSPS) is 11.6. The van der Waals surface area contributed by atoms with Crippen LogP contribution in [0.1, 0.15) is 58.4 Å². The van der Waals surface area contributed by atoms with E-state index in [1.165, 1.54) is 41.9 Å². The fraction of sp³-hybridized carbons (Fsp3) is 0.556. The monoisotopic (exact) mass is 276 g/mol. The Bertz CT molecular complexity index is 362. The van der Waals surface area contributed by atoms with Gasteiger partial charge in [-0.15, -0.1) is 11.8 Å². The Balaban J connectivity index is 2.53. The quantitative estimate of drug-likeness (QED) is 0.469. The summed E-state index contributed by atoms with van der Waals surface area (Å²) in [5.74, 6) is 2.15. The molecule has 0 aromatic heterocycles. The largest absolute Gasteiger partial charge is 0.126 e. The first kappa shape index (κ1) is 16.4. The Morgan fingerprint density at radius 1 is 1.11 bits per heavy atom. The summed E-state index contributed by atoms with van der Waals surface area (Å²) in [6.07, 6.45) is 10.9. The average Bonchev–Trinajstić information content (AvgIpc) is 2.43. The lowest BCUT2D eigenvalue weighted by Gasteiger charge is -2.14. The van der Waals surface area contributed by atoms with E-state index < -0.39 is 0 Å². The molecule has 0 saturated heterocycles. The van der Waals surface area contributed by atoms with Gasteiger partial charge in [0, 0.05) is 10.6 Å². The van der Waals surface area contributed by atoms with Gasteiger partial charge in [0.1, 0.15) is 0 Å². The molecule has 0 radical (unpaired) electrons. The van der Waals surface area contributed by atoms with Gasteiger partial charge in [-0.05, 0) is 42.9 Å². The first-order chi connectivity index (χ1) is 9.30. The van der Waals surface area contributed by atoms with E-state index in [1.807, 2.05) is 11.8 Å². The minimum Gasteiger partial charge on any atom is -0.126 e. The van der Waals surface area contributed by atoms with Gasteiger partial charge >= 0.3 is 0 Å². The van der Waals surface area contributed by atoms with Crippen molar-refractivity contribution in [3.63, 3.8) is 0 Å². The summed E-state index contributed by atoms with van der Waals surface area (Å²) >= 11 is 2.02. The first-order valence-corrected chi connectivity index (χ1v) is 8.68. The number of rotatable bonds is 9. The van der Waals surface area contributed by atoms with E-state index in [0.717, 1.165) is 12.3 Å². The smallest absolute Gasteiger partial charge is 0.00780 e. The van der Waals surface area contributed by atoms with Crippen LogP contribution in [-0.4, -0.2) is 5.75 Å². The van der Waals surface area contributed by atoms with Gasteiger partial charge in [-0.25, -0.2) is 0 Å². The zero-order chi connectivity index (χ0) is 13.9. The van der Waals surface area contributed by atoms with Crippen LogP contribution in [0.2, 0.25) is 0 Å². The zero-order valence-electron chi connectivity index (χ0n) is 12.7. The number of benzene rings is 1. The van der Waals surface area contributed by atoms with Gasteiger partial charge in [0.25, 0.3) is 0 Å². The Hall–Kier alpha value is -0.690. The lowest BCUT2D eigenvalue weighted by Crippen LogP contribution is -2.02. The summed E-state index contributed by atoms with van der Waals surface area (Å²) in [6.45, 7) is 6.77. The molecule has 106 valence electrons. The van der Waals surface area contributed by atoms with Gasteiger partial charge < -0.3 is 0 Å². The van der Waals surface area contributed by atoms with Crippen molar-refractivity contribution in [3.8, 4) is 0 Å². The number of thioether (sulfide) groups is 1. The number of hydrogen-bond acceptors (Lipinski definition) is 1. The van der Waals surface area contributed by atoms with E-state index in [1.54, 1.807) is 0 Å². The van der Waals surface area contributed by atoms with E-state index >= 15 is 0 Å². The summed E-state index contributed by atoms with van der Waals surface area (Å²) in [6, 6.07) is 8.91. The Kier molecular flexibility index (Phi) is 8.73. The maximum Gasteiger partial charge on any atom is 0.00780 e. The molecule has 0 spiro atoms. The Morgan fingerprint density at radius 3 is 2.47 bits per heavy atom. The summed E-state index contributed by atoms with van der Waals surface area (Å²) in [7, 11) is 0. The minimum absolute atomic E-state index is 0.884. The molecule has 19 heavy (non-hydrogen) atoms. The molecule has 1 aromatic rings. The molecule has 1 heteroatoms. The van der Waals surface area contributed by atoms with Crippen molar-refractivity contribution < 1.29 is 0 Å². The molecule has 0 saturated carbocycles. The predicted molar refractivity (Wildman–Crippen MR) is 89.8 cm³/mol. The highest BCUT2D eigenvalue weighted by Crippen LogP contribution is 2.26. The van der Waals surface area contributed by atoms with Crippen molar-refractivity contribution in [1.29, 1.82) is 0 Å². The van der Waals surface area contributed by atoms with Crippen molar-refractivity contribution in [3.05, 3.63) is 35.9 Å². The third kappa shape index (κ3) is 6.87. The zero-order valence-corrected chi connectivity index (χ0v) is 13.5. The maximum absolute atomic E-state index is 2.31. The van der Waals surface area contributed by atoms with Gasteiger partial charge in [0.05, 0.1) is 0 Å². The molecular formula is C18H28S. The molecular weight excluding hydrogens is 248 g/mol. The molecule has 0 heterocycles. The first-order valence-electron chi connectivity index (χ1n) is 7.69. The topological polar surface area (TPSA) is 0 Å². The number of allylic oxidation sites excluding steroid dienone is 1. The van der Waals surface area contributed by atoms with E-state index in [2.05, 4.69) is 57.2 Å². The fourth-order valence-corrected chi connectivity index (χ4v) is 3.46. The van der Waals surface area contributed by atoms with E-state index in [0.29, 0.717) is 0 Å². The van der Waals surface area contributed by atoms with Crippen LogP contribution in [-0.2, 0) is 0 Å². The highest BCUT2D eigenvalue weighted by atomic mass is 32.2. The summed E-state index contributed by atoms with van der Waals surface area (Å²) in [4.78, 5) is 1.41. The van der Waals surface area contributed by atoms with E-state index in [4.69, 9.17) is 0 Å². The third-order valence-corrected chi connectivity index (χ3v) is 4.51. The van der Waals surface area contributed by atoms with Crippen LogP contribution in [0.25, 0.3) is 6.08 Å². The van der Waals surface area contributed by atoms with E-state index in [-0.39, 0.29) is 0 Å². The fourth-order valence-electron chi connectivity index (χ4n) is 2.30. The van der Waals surface area contributed by atoms with Crippen LogP contribution in [0, 0.1) is 5.92 Å². The van der Waals surface area contributed by atoms with Crippen molar-refractivity contribution in [1.82, 2.24) is 0 Å². The lowest BCUT2D eigenvalue weighted by atomic mass is 10.0. The molecule has 0 atom stereocenters. The lowest BCUT2D eigenvalue weighted by molar-refractivity contribution is 0.488.